The van der Waals surface area contributed by atoms with Crippen LogP contribution in [0.25, 0.3) is 0 Å². The van der Waals surface area contributed by atoms with Gasteiger partial charge in [-0.05, 0) is 43.2 Å². The molecule has 0 saturated carbocycles. The van der Waals surface area contributed by atoms with Crippen LogP contribution in [0.15, 0.2) is 42.5 Å². The van der Waals surface area contributed by atoms with Gasteiger partial charge < -0.3 is 14.6 Å². The van der Waals surface area contributed by atoms with Crippen molar-refractivity contribution in [3.8, 4) is 11.5 Å². The summed E-state index contributed by atoms with van der Waals surface area (Å²) in [6, 6.07) is 14.6. The van der Waals surface area contributed by atoms with Crippen LogP contribution >= 0.6 is 0 Å². The van der Waals surface area contributed by atoms with E-state index in [-0.39, 0.29) is 0 Å². The molecule has 0 aromatic heterocycles. The number of ether oxygens (including phenoxy) is 2. The van der Waals surface area contributed by atoms with Gasteiger partial charge in [0.2, 0.25) is 0 Å². The van der Waals surface area contributed by atoms with E-state index in [4.69, 9.17) is 9.47 Å². The van der Waals surface area contributed by atoms with Crippen molar-refractivity contribution in [3.05, 3.63) is 59.2 Å². The molecule has 1 N–H and O–H groups in total. The minimum absolute atomic E-state index is 0.461. The molecule has 2 aromatic carbocycles. The maximum atomic E-state index is 11.4. The Bertz CT molecular complexity index is 813. The first kappa shape index (κ1) is 16.2. The molecule has 0 spiro atoms. The average Bonchev–Trinajstić information content (AvgIpc) is 3.06. The fourth-order valence-corrected chi connectivity index (χ4v) is 4.88. The SMILES string of the molecule is OC1(N2CCC(c3cccc4c3OCCO4)CC2)CCc2ccccc21. The van der Waals surface area contributed by atoms with Crippen molar-refractivity contribution in [2.24, 2.45) is 0 Å². The molecule has 3 aliphatic rings. The lowest BCUT2D eigenvalue weighted by atomic mass is 9.87. The topological polar surface area (TPSA) is 41.9 Å². The fraction of sp³-hybridized carbons (Fsp3) is 0.455. The zero-order valence-corrected chi connectivity index (χ0v) is 15.0. The predicted octanol–water partition coefficient (Wildman–Crippen LogP) is 3.43. The molecule has 5 rings (SSSR count). The van der Waals surface area contributed by atoms with Crippen molar-refractivity contribution in [1.82, 2.24) is 4.90 Å². The van der Waals surface area contributed by atoms with Gasteiger partial charge in [-0.2, -0.15) is 0 Å². The average molecular weight is 351 g/mol. The number of para-hydroxylation sites is 1. The normalized spacial score (nSPS) is 25.9. The smallest absolute Gasteiger partial charge is 0.164 e. The Morgan fingerprint density at radius 1 is 0.962 bits per heavy atom. The number of hydrogen-bond acceptors (Lipinski definition) is 4. The molecule has 136 valence electrons. The van der Waals surface area contributed by atoms with Crippen LogP contribution in [0.5, 0.6) is 11.5 Å². The highest BCUT2D eigenvalue weighted by Gasteiger charge is 2.43. The number of aryl methyl sites for hydroxylation is 1. The van der Waals surface area contributed by atoms with E-state index in [1.807, 2.05) is 12.1 Å². The van der Waals surface area contributed by atoms with E-state index in [1.165, 1.54) is 11.1 Å². The van der Waals surface area contributed by atoms with Gasteiger partial charge in [-0.15, -0.1) is 0 Å². The summed E-state index contributed by atoms with van der Waals surface area (Å²) in [5.74, 6) is 2.27. The van der Waals surface area contributed by atoms with Crippen molar-refractivity contribution in [2.75, 3.05) is 26.3 Å². The summed E-state index contributed by atoms with van der Waals surface area (Å²) in [5, 5.41) is 11.4. The maximum absolute atomic E-state index is 11.4. The van der Waals surface area contributed by atoms with Gasteiger partial charge in [0.25, 0.3) is 0 Å². The third-order valence-corrected chi connectivity index (χ3v) is 6.25. The highest BCUT2D eigenvalue weighted by Crippen LogP contribution is 2.45. The molecule has 4 nitrogen and oxygen atoms in total. The van der Waals surface area contributed by atoms with Crippen molar-refractivity contribution in [3.63, 3.8) is 0 Å². The van der Waals surface area contributed by atoms with Gasteiger partial charge in [0.1, 0.15) is 18.9 Å². The van der Waals surface area contributed by atoms with E-state index in [0.29, 0.717) is 19.1 Å². The van der Waals surface area contributed by atoms with E-state index < -0.39 is 5.72 Å². The molecule has 0 bridgehead atoms. The van der Waals surface area contributed by atoms with Gasteiger partial charge in [0.05, 0.1) is 0 Å². The highest BCUT2D eigenvalue weighted by atomic mass is 16.6. The van der Waals surface area contributed by atoms with Crippen molar-refractivity contribution >= 4 is 0 Å². The largest absolute Gasteiger partial charge is 0.486 e. The Labute approximate surface area is 154 Å². The molecule has 0 amide bonds. The summed E-state index contributed by atoms with van der Waals surface area (Å²) in [6.07, 6.45) is 3.83. The molecular formula is C22H25NO3. The fourth-order valence-electron chi connectivity index (χ4n) is 4.88. The van der Waals surface area contributed by atoms with Crippen molar-refractivity contribution in [1.29, 1.82) is 0 Å². The summed E-state index contributed by atoms with van der Waals surface area (Å²) < 4.78 is 11.6. The third kappa shape index (κ3) is 2.51. The van der Waals surface area contributed by atoms with E-state index in [2.05, 4.69) is 35.2 Å². The van der Waals surface area contributed by atoms with Crippen LogP contribution < -0.4 is 9.47 Å². The van der Waals surface area contributed by atoms with Crippen LogP contribution in [0, 0.1) is 0 Å². The zero-order valence-electron chi connectivity index (χ0n) is 15.0. The van der Waals surface area contributed by atoms with Crippen molar-refractivity contribution in [2.45, 2.75) is 37.3 Å². The van der Waals surface area contributed by atoms with Gasteiger partial charge in [-0.25, -0.2) is 0 Å². The Morgan fingerprint density at radius 3 is 2.65 bits per heavy atom. The maximum Gasteiger partial charge on any atom is 0.164 e. The molecule has 1 atom stereocenters. The number of piperidine rings is 1. The first-order chi connectivity index (χ1) is 12.8. The number of benzene rings is 2. The van der Waals surface area contributed by atoms with Crippen LogP contribution in [-0.4, -0.2) is 36.3 Å². The molecule has 26 heavy (non-hydrogen) atoms. The molecule has 1 fully saturated rings. The standard InChI is InChI=1S/C22H25NO3/c24-22(11-8-17-4-1-2-6-19(17)22)23-12-9-16(10-13-23)18-5-3-7-20-21(18)26-15-14-25-20/h1-7,16,24H,8-15H2. The van der Waals surface area contributed by atoms with E-state index in [9.17, 15) is 5.11 Å². The molecule has 2 aliphatic heterocycles. The second kappa shape index (κ2) is 6.29. The van der Waals surface area contributed by atoms with Crippen LogP contribution in [0.4, 0.5) is 0 Å². The lowest BCUT2D eigenvalue weighted by Gasteiger charge is -2.42. The van der Waals surface area contributed by atoms with Gasteiger partial charge in [0, 0.05) is 24.2 Å². The van der Waals surface area contributed by atoms with Crippen molar-refractivity contribution < 1.29 is 14.6 Å². The third-order valence-electron chi connectivity index (χ3n) is 6.25. The summed E-state index contributed by atoms with van der Waals surface area (Å²) in [5.41, 5.74) is 2.87. The minimum atomic E-state index is -0.794. The summed E-state index contributed by atoms with van der Waals surface area (Å²) >= 11 is 0. The van der Waals surface area contributed by atoms with E-state index in [0.717, 1.165) is 55.8 Å². The van der Waals surface area contributed by atoms with Crippen LogP contribution in [-0.2, 0) is 12.1 Å². The molecule has 1 saturated heterocycles. The molecule has 1 aliphatic carbocycles. The zero-order chi connectivity index (χ0) is 17.6. The van der Waals surface area contributed by atoms with Gasteiger partial charge in [0.15, 0.2) is 11.5 Å². The highest BCUT2D eigenvalue weighted by molar-refractivity contribution is 5.49. The molecule has 0 radical (unpaired) electrons. The Kier molecular flexibility index (Phi) is 3.91. The number of rotatable bonds is 2. The van der Waals surface area contributed by atoms with Crippen LogP contribution in [0.2, 0.25) is 0 Å². The number of aliphatic hydroxyl groups is 1. The Morgan fingerprint density at radius 2 is 1.77 bits per heavy atom. The minimum Gasteiger partial charge on any atom is -0.486 e. The second-order valence-electron chi connectivity index (χ2n) is 7.61. The Hall–Kier alpha value is -2.04. The quantitative estimate of drug-likeness (QED) is 0.900. The first-order valence-corrected chi connectivity index (χ1v) is 9.70. The molecular weight excluding hydrogens is 326 g/mol. The lowest BCUT2D eigenvalue weighted by molar-refractivity contribution is -0.123. The second-order valence-corrected chi connectivity index (χ2v) is 7.61. The lowest BCUT2D eigenvalue weighted by Crippen LogP contribution is -2.48. The van der Waals surface area contributed by atoms with Crippen LogP contribution in [0.1, 0.15) is 41.9 Å². The van der Waals surface area contributed by atoms with Crippen LogP contribution in [0.3, 0.4) is 0 Å². The number of hydrogen-bond donors (Lipinski definition) is 1. The molecule has 4 heteroatoms. The number of likely N-dealkylation sites (tertiary alicyclic amines) is 1. The van der Waals surface area contributed by atoms with E-state index >= 15 is 0 Å². The number of nitrogens with zero attached hydrogens (tertiary/aromatic N) is 1. The molecule has 2 heterocycles. The van der Waals surface area contributed by atoms with Gasteiger partial charge in [-0.3, -0.25) is 4.90 Å². The predicted molar refractivity (Wildman–Crippen MR) is 99.6 cm³/mol. The monoisotopic (exact) mass is 351 g/mol. The summed E-state index contributed by atoms with van der Waals surface area (Å²) in [4.78, 5) is 2.28. The number of fused-ring (bicyclic) bond motifs is 2. The first-order valence-electron chi connectivity index (χ1n) is 9.70. The van der Waals surface area contributed by atoms with Gasteiger partial charge >= 0.3 is 0 Å². The van der Waals surface area contributed by atoms with E-state index in [1.54, 1.807) is 0 Å². The molecule has 2 aromatic rings. The summed E-state index contributed by atoms with van der Waals surface area (Å²) in [7, 11) is 0. The Balaban J connectivity index is 1.35. The summed E-state index contributed by atoms with van der Waals surface area (Å²) in [6.45, 7) is 3.06. The van der Waals surface area contributed by atoms with Gasteiger partial charge in [-0.1, -0.05) is 36.4 Å². The molecule has 1 unspecified atom stereocenters.